The number of nitrogens with one attached hydrogen (secondary N) is 1. The van der Waals surface area contributed by atoms with Gasteiger partial charge >= 0.3 is 0 Å². The molecule has 7 heteroatoms. The fourth-order valence-corrected chi connectivity index (χ4v) is 5.26. The molecule has 1 aliphatic rings. The molecule has 1 aliphatic carbocycles. The Balaban J connectivity index is 1.60. The minimum Gasteiger partial charge on any atom is -0.352 e. The maximum absolute atomic E-state index is 13.2. The van der Waals surface area contributed by atoms with Crippen LogP contribution in [0.1, 0.15) is 57.4 Å². The van der Waals surface area contributed by atoms with Gasteiger partial charge in [-0.1, -0.05) is 54.6 Å². The smallest absolute Gasteiger partial charge is 0.242 e. The van der Waals surface area contributed by atoms with Crippen molar-refractivity contribution in [3.05, 3.63) is 64.1 Å². The Bertz CT molecular complexity index is 917. The van der Waals surface area contributed by atoms with Gasteiger partial charge in [-0.05, 0) is 73.9 Å². The summed E-state index contributed by atoms with van der Waals surface area (Å²) in [7, 11) is 0. The molecule has 2 aromatic carbocycles. The fraction of sp³-hybridized carbons (Fsp3) is 0.462. The average molecular weight is 508 g/mol. The van der Waals surface area contributed by atoms with Crippen molar-refractivity contribution >= 4 is 46.8 Å². The fourth-order valence-electron chi connectivity index (χ4n) is 4.07. The molecule has 1 saturated carbocycles. The predicted molar refractivity (Wildman–Crippen MR) is 138 cm³/mol. The highest BCUT2D eigenvalue weighted by atomic mass is 35.5. The van der Waals surface area contributed by atoms with Crippen molar-refractivity contribution in [1.82, 2.24) is 10.2 Å². The van der Waals surface area contributed by atoms with Crippen LogP contribution in [0.4, 0.5) is 0 Å². The van der Waals surface area contributed by atoms with E-state index in [1.165, 1.54) is 6.42 Å². The standard InChI is InChI=1S/C26H32Cl2N2O2S/c1-19(26(32)29-23-9-3-2-4-10-23)30(18-20-7-5-8-22(28)17-20)25(31)11-6-16-33-24-14-12-21(27)13-15-24/h5,7-8,12-15,17,19,23H,2-4,6,9-11,16,18H2,1H3,(H,29,32)/t19-/m1/s1. The molecule has 0 saturated heterocycles. The number of amides is 2. The van der Waals surface area contributed by atoms with Gasteiger partial charge in [0.25, 0.3) is 0 Å². The highest BCUT2D eigenvalue weighted by Crippen LogP contribution is 2.23. The first-order valence-electron chi connectivity index (χ1n) is 11.6. The van der Waals surface area contributed by atoms with Crippen molar-refractivity contribution in [3.63, 3.8) is 0 Å². The number of rotatable bonds is 10. The second-order valence-corrected chi connectivity index (χ2v) is 10.6. The van der Waals surface area contributed by atoms with Gasteiger partial charge in [0.05, 0.1) is 0 Å². The monoisotopic (exact) mass is 506 g/mol. The second kappa shape index (κ2) is 13.3. The Morgan fingerprint density at radius 2 is 1.79 bits per heavy atom. The van der Waals surface area contributed by atoms with E-state index in [9.17, 15) is 9.59 Å². The summed E-state index contributed by atoms with van der Waals surface area (Å²) >= 11 is 13.8. The summed E-state index contributed by atoms with van der Waals surface area (Å²) in [6.07, 6.45) is 6.68. The molecule has 3 rings (SSSR count). The van der Waals surface area contributed by atoms with Gasteiger partial charge in [-0.15, -0.1) is 11.8 Å². The lowest BCUT2D eigenvalue weighted by atomic mass is 9.95. The van der Waals surface area contributed by atoms with Crippen LogP contribution in [0, 0.1) is 0 Å². The molecule has 1 N–H and O–H groups in total. The molecule has 1 atom stereocenters. The summed E-state index contributed by atoms with van der Waals surface area (Å²) in [5.74, 6) is 0.729. The minimum absolute atomic E-state index is 0.0158. The van der Waals surface area contributed by atoms with Crippen molar-refractivity contribution in [2.75, 3.05) is 5.75 Å². The summed E-state index contributed by atoms with van der Waals surface area (Å²) in [6, 6.07) is 14.9. The van der Waals surface area contributed by atoms with Gasteiger partial charge in [0.1, 0.15) is 6.04 Å². The highest BCUT2D eigenvalue weighted by Gasteiger charge is 2.27. The maximum atomic E-state index is 13.2. The molecule has 0 aromatic heterocycles. The molecule has 0 bridgehead atoms. The molecule has 1 fully saturated rings. The lowest BCUT2D eigenvalue weighted by Crippen LogP contribution is -2.50. The van der Waals surface area contributed by atoms with Crippen LogP contribution in [-0.4, -0.2) is 34.6 Å². The number of benzene rings is 2. The molecule has 0 spiro atoms. The zero-order chi connectivity index (χ0) is 23.6. The normalized spacial score (nSPS) is 15.1. The Morgan fingerprint density at radius 3 is 2.48 bits per heavy atom. The van der Waals surface area contributed by atoms with Gasteiger partial charge in [0.15, 0.2) is 0 Å². The van der Waals surface area contributed by atoms with Crippen LogP contribution in [0.2, 0.25) is 10.0 Å². The lowest BCUT2D eigenvalue weighted by Gasteiger charge is -2.31. The third kappa shape index (κ3) is 8.55. The van der Waals surface area contributed by atoms with Crippen LogP contribution in [0.5, 0.6) is 0 Å². The molecule has 178 valence electrons. The average Bonchev–Trinajstić information content (AvgIpc) is 2.81. The van der Waals surface area contributed by atoms with Crippen molar-refractivity contribution in [2.24, 2.45) is 0 Å². The Hall–Kier alpha value is -1.69. The number of carbonyl (C=O) groups is 2. The lowest BCUT2D eigenvalue weighted by molar-refractivity contribution is -0.141. The van der Waals surface area contributed by atoms with Crippen LogP contribution in [0.25, 0.3) is 0 Å². The highest BCUT2D eigenvalue weighted by molar-refractivity contribution is 7.99. The predicted octanol–water partition coefficient (Wildman–Crippen LogP) is 6.73. The number of carbonyl (C=O) groups excluding carboxylic acids is 2. The van der Waals surface area contributed by atoms with E-state index in [-0.39, 0.29) is 17.9 Å². The van der Waals surface area contributed by atoms with E-state index < -0.39 is 6.04 Å². The van der Waals surface area contributed by atoms with Crippen LogP contribution in [0.15, 0.2) is 53.4 Å². The quantitative estimate of drug-likeness (QED) is 0.287. The molecule has 0 unspecified atom stereocenters. The Labute approximate surface area is 211 Å². The minimum atomic E-state index is -0.540. The molecule has 0 heterocycles. The number of halogens is 2. The molecule has 2 aromatic rings. The molecule has 2 amide bonds. The van der Waals surface area contributed by atoms with Crippen molar-refractivity contribution in [3.8, 4) is 0 Å². The first-order valence-corrected chi connectivity index (χ1v) is 13.4. The van der Waals surface area contributed by atoms with E-state index in [1.54, 1.807) is 16.7 Å². The molecular weight excluding hydrogens is 475 g/mol. The molecule has 33 heavy (non-hydrogen) atoms. The molecule has 0 aliphatic heterocycles. The van der Waals surface area contributed by atoms with Gasteiger partial charge < -0.3 is 10.2 Å². The third-order valence-electron chi connectivity index (χ3n) is 5.98. The third-order valence-corrected chi connectivity index (χ3v) is 7.56. The van der Waals surface area contributed by atoms with Crippen molar-refractivity contribution in [2.45, 2.75) is 75.4 Å². The number of hydrogen-bond acceptors (Lipinski definition) is 3. The van der Waals surface area contributed by atoms with E-state index >= 15 is 0 Å². The van der Waals surface area contributed by atoms with Crippen molar-refractivity contribution < 1.29 is 9.59 Å². The van der Waals surface area contributed by atoms with Crippen molar-refractivity contribution in [1.29, 1.82) is 0 Å². The van der Waals surface area contributed by atoms with E-state index in [0.717, 1.165) is 48.3 Å². The van der Waals surface area contributed by atoms with E-state index in [1.807, 2.05) is 55.5 Å². The molecular formula is C26H32Cl2N2O2S. The second-order valence-electron chi connectivity index (χ2n) is 8.58. The first-order chi connectivity index (χ1) is 15.9. The number of hydrogen-bond donors (Lipinski definition) is 1. The van der Waals surface area contributed by atoms with Gasteiger partial charge in [-0.25, -0.2) is 0 Å². The maximum Gasteiger partial charge on any atom is 0.242 e. The van der Waals surface area contributed by atoms with Crippen LogP contribution < -0.4 is 5.32 Å². The SMILES string of the molecule is C[C@H](C(=O)NC1CCCCC1)N(Cc1cccc(Cl)c1)C(=O)CCCSc1ccc(Cl)cc1. The summed E-state index contributed by atoms with van der Waals surface area (Å²) < 4.78 is 0. The number of thioether (sulfide) groups is 1. The molecule has 4 nitrogen and oxygen atoms in total. The summed E-state index contributed by atoms with van der Waals surface area (Å²) in [5.41, 5.74) is 0.920. The van der Waals surface area contributed by atoms with Gasteiger partial charge in [0, 0.05) is 33.9 Å². The zero-order valence-electron chi connectivity index (χ0n) is 19.1. The van der Waals surface area contributed by atoms with Gasteiger partial charge in [0.2, 0.25) is 11.8 Å². The van der Waals surface area contributed by atoms with E-state index in [0.29, 0.717) is 23.0 Å². The first kappa shape index (κ1) is 25.9. The largest absolute Gasteiger partial charge is 0.352 e. The summed E-state index contributed by atoms with van der Waals surface area (Å²) in [4.78, 5) is 29.0. The van der Waals surface area contributed by atoms with E-state index in [4.69, 9.17) is 23.2 Å². The Kier molecular flexibility index (Phi) is 10.4. The molecule has 0 radical (unpaired) electrons. The van der Waals surface area contributed by atoms with Gasteiger partial charge in [-0.2, -0.15) is 0 Å². The van der Waals surface area contributed by atoms with Crippen LogP contribution in [-0.2, 0) is 16.1 Å². The summed E-state index contributed by atoms with van der Waals surface area (Å²) in [5, 5.41) is 4.51. The van der Waals surface area contributed by atoms with E-state index in [2.05, 4.69) is 5.32 Å². The van der Waals surface area contributed by atoms with Crippen LogP contribution in [0.3, 0.4) is 0 Å². The Morgan fingerprint density at radius 1 is 1.06 bits per heavy atom. The summed E-state index contributed by atoms with van der Waals surface area (Å²) in [6.45, 7) is 2.19. The zero-order valence-corrected chi connectivity index (χ0v) is 21.4. The van der Waals surface area contributed by atoms with Gasteiger partial charge in [-0.3, -0.25) is 9.59 Å². The number of nitrogens with zero attached hydrogens (tertiary/aromatic N) is 1. The van der Waals surface area contributed by atoms with Crippen LogP contribution >= 0.6 is 35.0 Å². The topological polar surface area (TPSA) is 49.4 Å².